The van der Waals surface area contributed by atoms with E-state index in [-0.39, 0.29) is 22.0 Å². The molecule has 126 valence electrons. The Morgan fingerprint density at radius 2 is 2.00 bits per heavy atom. The van der Waals surface area contributed by atoms with Crippen LogP contribution in [0.1, 0.15) is 6.42 Å². The third-order valence-corrected chi connectivity index (χ3v) is 3.56. The number of aliphatic hydroxyl groups excluding tert-OH is 1. The van der Waals surface area contributed by atoms with Gasteiger partial charge in [0.15, 0.2) is 0 Å². The standard InChI is InChI=1S/C13H11ClF4N2O3/c14-8-3-6(1-2-9(8)15)19-11(22)10-4-7(21)5-20(10)12(23)13(16,17)18/h1-3,7,10,21H,4-5H2,(H,19,22)/t7-,10+/m0/s1. The summed E-state index contributed by atoms with van der Waals surface area (Å²) in [5.74, 6) is -3.86. The minimum Gasteiger partial charge on any atom is -0.391 e. The van der Waals surface area contributed by atoms with Crippen LogP contribution in [0.3, 0.4) is 0 Å². The van der Waals surface area contributed by atoms with Crippen LogP contribution in [0.15, 0.2) is 18.2 Å². The lowest BCUT2D eigenvalue weighted by Crippen LogP contribution is -2.48. The Labute approximate surface area is 132 Å². The van der Waals surface area contributed by atoms with Crippen molar-refractivity contribution in [2.75, 3.05) is 11.9 Å². The largest absolute Gasteiger partial charge is 0.471 e. The van der Waals surface area contributed by atoms with Crippen LogP contribution in [0.2, 0.25) is 5.02 Å². The number of nitrogens with zero attached hydrogens (tertiary/aromatic N) is 1. The molecule has 2 atom stereocenters. The van der Waals surface area contributed by atoms with E-state index < -0.39 is 42.5 Å². The number of nitrogens with one attached hydrogen (secondary N) is 1. The number of hydrogen-bond donors (Lipinski definition) is 2. The van der Waals surface area contributed by atoms with Gasteiger partial charge in [0.1, 0.15) is 11.9 Å². The number of benzene rings is 1. The van der Waals surface area contributed by atoms with E-state index in [2.05, 4.69) is 5.32 Å². The molecule has 2 N–H and O–H groups in total. The molecule has 23 heavy (non-hydrogen) atoms. The molecule has 1 aliphatic heterocycles. The molecule has 10 heteroatoms. The van der Waals surface area contributed by atoms with Crippen LogP contribution in [0.5, 0.6) is 0 Å². The highest BCUT2D eigenvalue weighted by Crippen LogP contribution is 2.27. The molecule has 1 aromatic rings. The van der Waals surface area contributed by atoms with Gasteiger partial charge in [-0.2, -0.15) is 13.2 Å². The molecule has 0 unspecified atom stereocenters. The minimum absolute atomic E-state index is 0.0576. The number of likely N-dealkylation sites (tertiary alicyclic amines) is 1. The first kappa shape index (κ1) is 17.5. The molecular formula is C13H11ClF4N2O3. The van der Waals surface area contributed by atoms with Crippen LogP contribution in [-0.2, 0) is 9.59 Å². The van der Waals surface area contributed by atoms with E-state index in [1.807, 2.05) is 0 Å². The van der Waals surface area contributed by atoms with Gasteiger partial charge in [-0.05, 0) is 18.2 Å². The first-order valence-electron chi connectivity index (χ1n) is 6.41. The fourth-order valence-corrected chi connectivity index (χ4v) is 2.43. The van der Waals surface area contributed by atoms with Crippen molar-refractivity contribution in [3.8, 4) is 0 Å². The average Bonchev–Trinajstić information content (AvgIpc) is 2.83. The van der Waals surface area contributed by atoms with Crippen LogP contribution in [0, 0.1) is 5.82 Å². The average molecular weight is 355 g/mol. The van der Waals surface area contributed by atoms with Gasteiger partial charge < -0.3 is 15.3 Å². The third-order valence-electron chi connectivity index (χ3n) is 3.27. The van der Waals surface area contributed by atoms with E-state index >= 15 is 0 Å². The van der Waals surface area contributed by atoms with Gasteiger partial charge in [0.05, 0.1) is 11.1 Å². The second kappa shape index (κ2) is 6.32. The van der Waals surface area contributed by atoms with Crippen molar-refractivity contribution in [3.05, 3.63) is 29.0 Å². The number of rotatable bonds is 2. The predicted octanol–water partition coefficient (Wildman–Crippen LogP) is 1.94. The number of hydrogen-bond acceptors (Lipinski definition) is 3. The molecule has 2 rings (SSSR count). The Morgan fingerprint density at radius 3 is 2.57 bits per heavy atom. The van der Waals surface area contributed by atoms with E-state index in [4.69, 9.17) is 11.6 Å². The SMILES string of the molecule is O=C(Nc1ccc(F)c(Cl)c1)[C@H]1C[C@H](O)CN1C(=O)C(F)(F)F. The maximum Gasteiger partial charge on any atom is 0.471 e. The van der Waals surface area contributed by atoms with Gasteiger partial charge in [-0.3, -0.25) is 9.59 Å². The van der Waals surface area contributed by atoms with Crippen molar-refractivity contribution in [1.29, 1.82) is 0 Å². The highest BCUT2D eigenvalue weighted by atomic mass is 35.5. The number of halogens is 5. The molecule has 0 saturated carbocycles. The maximum atomic E-state index is 13.0. The molecule has 1 aromatic carbocycles. The lowest BCUT2D eigenvalue weighted by atomic mass is 10.1. The van der Waals surface area contributed by atoms with Gasteiger partial charge in [0.2, 0.25) is 5.91 Å². The van der Waals surface area contributed by atoms with Gasteiger partial charge in [0.25, 0.3) is 0 Å². The fraction of sp³-hybridized carbons (Fsp3) is 0.385. The maximum absolute atomic E-state index is 13.0. The van der Waals surface area contributed by atoms with E-state index in [9.17, 15) is 32.3 Å². The summed E-state index contributed by atoms with van der Waals surface area (Å²) in [4.78, 5) is 23.7. The Hall–Kier alpha value is -1.87. The number of carbonyl (C=O) groups excluding carboxylic acids is 2. The minimum atomic E-state index is -5.15. The first-order valence-corrected chi connectivity index (χ1v) is 6.79. The van der Waals surface area contributed by atoms with Crippen LogP contribution in [0.4, 0.5) is 23.2 Å². The molecular weight excluding hydrogens is 344 g/mol. The molecule has 0 radical (unpaired) electrons. The molecule has 1 heterocycles. The monoisotopic (exact) mass is 354 g/mol. The van der Waals surface area contributed by atoms with Crippen LogP contribution in [0.25, 0.3) is 0 Å². The summed E-state index contributed by atoms with van der Waals surface area (Å²) in [5.41, 5.74) is 0.0576. The zero-order valence-corrected chi connectivity index (χ0v) is 12.2. The van der Waals surface area contributed by atoms with Crippen molar-refractivity contribution in [3.63, 3.8) is 0 Å². The van der Waals surface area contributed by atoms with Crippen molar-refractivity contribution < 1.29 is 32.3 Å². The second-order valence-electron chi connectivity index (χ2n) is 4.98. The number of anilines is 1. The number of β-amino-alcohol motifs (C(OH)–C–C–N with tert-alkyl or cyclic N) is 1. The quantitative estimate of drug-likeness (QED) is 0.798. The molecule has 0 spiro atoms. The summed E-state index contributed by atoms with van der Waals surface area (Å²) in [7, 11) is 0. The lowest BCUT2D eigenvalue weighted by Gasteiger charge is -2.24. The van der Waals surface area contributed by atoms with Crippen LogP contribution in [-0.4, -0.2) is 46.7 Å². The van der Waals surface area contributed by atoms with Crippen molar-refractivity contribution in [2.45, 2.75) is 24.7 Å². The summed E-state index contributed by atoms with van der Waals surface area (Å²) in [5, 5.41) is 11.4. The van der Waals surface area contributed by atoms with Gasteiger partial charge in [-0.15, -0.1) is 0 Å². The highest BCUT2D eigenvalue weighted by molar-refractivity contribution is 6.31. The molecule has 0 aromatic heterocycles. The van der Waals surface area contributed by atoms with Crippen molar-refractivity contribution >= 4 is 29.1 Å². The Balaban J connectivity index is 2.16. The number of amides is 2. The summed E-state index contributed by atoms with van der Waals surface area (Å²) in [6, 6.07) is 1.74. The number of aliphatic hydroxyl groups is 1. The molecule has 1 fully saturated rings. The highest BCUT2D eigenvalue weighted by Gasteiger charge is 2.49. The molecule has 1 aliphatic rings. The molecule has 0 aliphatic carbocycles. The zero-order chi connectivity index (χ0) is 17.4. The summed E-state index contributed by atoms with van der Waals surface area (Å²) in [6.45, 7) is -0.597. The Kier molecular flexibility index (Phi) is 4.81. The van der Waals surface area contributed by atoms with E-state index in [1.54, 1.807) is 0 Å². The van der Waals surface area contributed by atoms with E-state index in [0.29, 0.717) is 0 Å². The smallest absolute Gasteiger partial charge is 0.391 e. The van der Waals surface area contributed by atoms with E-state index in [1.165, 1.54) is 6.07 Å². The predicted molar refractivity (Wildman–Crippen MR) is 72.2 cm³/mol. The molecule has 0 bridgehead atoms. The Bertz CT molecular complexity index is 638. The summed E-state index contributed by atoms with van der Waals surface area (Å²) >= 11 is 5.54. The molecule has 2 amide bonds. The molecule has 5 nitrogen and oxygen atoms in total. The topological polar surface area (TPSA) is 69.6 Å². The zero-order valence-electron chi connectivity index (χ0n) is 11.4. The van der Waals surface area contributed by atoms with Crippen molar-refractivity contribution in [1.82, 2.24) is 4.90 Å². The van der Waals surface area contributed by atoms with Gasteiger partial charge >= 0.3 is 12.1 Å². The van der Waals surface area contributed by atoms with Gasteiger partial charge in [-0.25, -0.2) is 4.39 Å². The van der Waals surface area contributed by atoms with Gasteiger partial charge in [-0.1, -0.05) is 11.6 Å². The lowest BCUT2D eigenvalue weighted by molar-refractivity contribution is -0.186. The van der Waals surface area contributed by atoms with E-state index in [0.717, 1.165) is 12.1 Å². The fourth-order valence-electron chi connectivity index (χ4n) is 2.25. The van der Waals surface area contributed by atoms with Gasteiger partial charge in [0, 0.05) is 18.7 Å². The third kappa shape index (κ3) is 3.91. The van der Waals surface area contributed by atoms with Crippen LogP contribution < -0.4 is 5.32 Å². The van der Waals surface area contributed by atoms with Crippen LogP contribution >= 0.6 is 11.6 Å². The summed E-state index contributed by atoms with van der Waals surface area (Å²) < 4.78 is 50.6. The van der Waals surface area contributed by atoms with Crippen molar-refractivity contribution in [2.24, 2.45) is 0 Å². The first-order chi connectivity index (χ1) is 10.6. The normalized spacial score (nSPS) is 21.4. The second-order valence-corrected chi connectivity index (χ2v) is 5.39. The Morgan fingerprint density at radius 1 is 1.35 bits per heavy atom. The molecule has 1 saturated heterocycles. The number of alkyl halides is 3. The summed E-state index contributed by atoms with van der Waals surface area (Å²) in [6.07, 6.45) is -6.72. The number of carbonyl (C=O) groups is 2.